The van der Waals surface area contributed by atoms with Crippen molar-refractivity contribution in [3.63, 3.8) is 0 Å². The molecule has 0 fully saturated rings. The van der Waals surface area contributed by atoms with Crippen LogP contribution in [-0.2, 0) is 16.4 Å². The van der Waals surface area contributed by atoms with E-state index in [-0.39, 0.29) is 11.4 Å². The van der Waals surface area contributed by atoms with E-state index in [1.54, 1.807) is 12.4 Å². The molecule has 0 unspecified atom stereocenters. The second-order valence-corrected chi connectivity index (χ2v) is 7.67. The van der Waals surface area contributed by atoms with Crippen molar-refractivity contribution in [1.82, 2.24) is 14.7 Å². The molecule has 1 N–H and O–H groups in total. The number of pyridine rings is 1. The van der Waals surface area contributed by atoms with Gasteiger partial charge in [0.1, 0.15) is 5.82 Å². The third-order valence-corrected chi connectivity index (χ3v) is 5.67. The standard InChI is InChI=1S/C16H14FN3O2S2/c17-13-1-3-14(4-2-13)24(21,22)19-10-7-16-20-15(11-23-16)12-5-8-18-9-6-12/h1-6,8-9,11,19H,7,10H2. The van der Waals surface area contributed by atoms with E-state index in [1.165, 1.54) is 23.5 Å². The van der Waals surface area contributed by atoms with Gasteiger partial charge in [-0.1, -0.05) is 0 Å². The highest BCUT2D eigenvalue weighted by Gasteiger charge is 2.13. The molecule has 0 saturated carbocycles. The van der Waals surface area contributed by atoms with Gasteiger partial charge in [-0.15, -0.1) is 11.3 Å². The minimum absolute atomic E-state index is 0.0421. The van der Waals surface area contributed by atoms with Crippen molar-refractivity contribution in [1.29, 1.82) is 0 Å². The summed E-state index contributed by atoms with van der Waals surface area (Å²) in [7, 11) is -3.64. The van der Waals surface area contributed by atoms with Gasteiger partial charge in [0.25, 0.3) is 0 Å². The zero-order valence-corrected chi connectivity index (χ0v) is 14.1. The van der Waals surface area contributed by atoms with E-state index in [2.05, 4.69) is 14.7 Å². The lowest BCUT2D eigenvalue weighted by Crippen LogP contribution is -2.25. The molecule has 2 aromatic heterocycles. The fraction of sp³-hybridized carbons (Fsp3) is 0.125. The van der Waals surface area contributed by atoms with E-state index in [4.69, 9.17) is 0 Å². The van der Waals surface area contributed by atoms with Crippen molar-refractivity contribution in [3.8, 4) is 11.3 Å². The lowest BCUT2D eigenvalue weighted by atomic mass is 10.2. The summed E-state index contributed by atoms with van der Waals surface area (Å²) in [6.07, 6.45) is 3.88. The molecule has 5 nitrogen and oxygen atoms in total. The molecule has 0 atom stereocenters. The van der Waals surface area contributed by atoms with Gasteiger partial charge in [0.2, 0.25) is 10.0 Å². The number of nitrogens with one attached hydrogen (secondary N) is 1. The number of sulfonamides is 1. The normalized spacial score (nSPS) is 11.5. The third-order valence-electron chi connectivity index (χ3n) is 3.28. The maximum atomic E-state index is 12.9. The maximum absolute atomic E-state index is 12.9. The van der Waals surface area contributed by atoms with Crippen LogP contribution >= 0.6 is 11.3 Å². The van der Waals surface area contributed by atoms with Gasteiger partial charge < -0.3 is 0 Å². The number of thiazole rings is 1. The van der Waals surface area contributed by atoms with E-state index >= 15 is 0 Å². The zero-order valence-electron chi connectivity index (χ0n) is 12.5. The van der Waals surface area contributed by atoms with Crippen molar-refractivity contribution in [3.05, 3.63) is 65.0 Å². The van der Waals surface area contributed by atoms with Crippen LogP contribution in [0.1, 0.15) is 5.01 Å². The molecular weight excluding hydrogens is 349 g/mol. The van der Waals surface area contributed by atoms with E-state index < -0.39 is 15.8 Å². The van der Waals surface area contributed by atoms with Crippen LogP contribution in [0.5, 0.6) is 0 Å². The summed E-state index contributed by atoms with van der Waals surface area (Å²) in [5.41, 5.74) is 1.82. The first-order chi connectivity index (χ1) is 11.5. The Labute approximate surface area is 143 Å². The van der Waals surface area contributed by atoms with E-state index in [0.717, 1.165) is 28.4 Å². The van der Waals surface area contributed by atoms with E-state index in [9.17, 15) is 12.8 Å². The van der Waals surface area contributed by atoms with Gasteiger partial charge in [-0.25, -0.2) is 22.5 Å². The van der Waals surface area contributed by atoms with Gasteiger partial charge >= 0.3 is 0 Å². The molecule has 3 aromatic rings. The molecule has 0 spiro atoms. The lowest BCUT2D eigenvalue weighted by Gasteiger charge is -2.05. The highest BCUT2D eigenvalue weighted by Crippen LogP contribution is 2.21. The van der Waals surface area contributed by atoms with Crippen LogP contribution < -0.4 is 4.72 Å². The van der Waals surface area contributed by atoms with Crippen LogP contribution in [-0.4, -0.2) is 24.9 Å². The molecule has 8 heteroatoms. The van der Waals surface area contributed by atoms with Crippen molar-refractivity contribution in [2.24, 2.45) is 0 Å². The van der Waals surface area contributed by atoms with Crippen molar-refractivity contribution < 1.29 is 12.8 Å². The van der Waals surface area contributed by atoms with Gasteiger partial charge in [-0.2, -0.15) is 0 Å². The van der Waals surface area contributed by atoms with Gasteiger partial charge in [-0.05, 0) is 36.4 Å². The van der Waals surface area contributed by atoms with Crippen LogP contribution in [0.25, 0.3) is 11.3 Å². The molecule has 3 rings (SSSR count). The average molecular weight is 363 g/mol. The van der Waals surface area contributed by atoms with Gasteiger partial charge in [0, 0.05) is 36.3 Å². The molecule has 0 aliphatic carbocycles. The van der Waals surface area contributed by atoms with Gasteiger partial charge in [0.15, 0.2) is 0 Å². The van der Waals surface area contributed by atoms with Gasteiger partial charge in [-0.3, -0.25) is 4.98 Å². The van der Waals surface area contributed by atoms with Crippen molar-refractivity contribution in [2.75, 3.05) is 6.54 Å². The molecule has 24 heavy (non-hydrogen) atoms. The molecule has 0 bridgehead atoms. The first kappa shape index (κ1) is 16.7. The smallest absolute Gasteiger partial charge is 0.240 e. The fourth-order valence-electron chi connectivity index (χ4n) is 2.07. The number of aromatic nitrogens is 2. The first-order valence-corrected chi connectivity index (χ1v) is 9.51. The Kier molecular flexibility index (Phi) is 4.98. The first-order valence-electron chi connectivity index (χ1n) is 7.15. The highest BCUT2D eigenvalue weighted by molar-refractivity contribution is 7.89. The van der Waals surface area contributed by atoms with Crippen LogP contribution in [0.4, 0.5) is 4.39 Å². The number of benzene rings is 1. The highest BCUT2D eigenvalue weighted by atomic mass is 32.2. The summed E-state index contributed by atoms with van der Waals surface area (Å²) in [5, 5.41) is 2.77. The summed E-state index contributed by atoms with van der Waals surface area (Å²) in [6, 6.07) is 8.46. The average Bonchev–Trinajstić information content (AvgIpc) is 3.05. The third kappa shape index (κ3) is 4.02. The summed E-state index contributed by atoms with van der Waals surface area (Å²) in [6.45, 7) is 0.225. The molecule has 0 saturated heterocycles. The minimum atomic E-state index is -3.64. The summed E-state index contributed by atoms with van der Waals surface area (Å²) in [5.74, 6) is -0.472. The van der Waals surface area contributed by atoms with Gasteiger partial charge in [0.05, 0.1) is 15.6 Å². The zero-order chi connectivity index (χ0) is 17.0. The predicted octanol–water partition coefficient (Wildman–Crippen LogP) is 2.87. The Morgan fingerprint density at radius 2 is 1.79 bits per heavy atom. The van der Waals surface area contributed by atoms with Crippen molar-refractivity contribution >= 4 is 21.4 Å². The molecule has 0 aliphatic rings. The second kappa shape index (κ2) is 7.16. The topological polar surface area (TPSA) is 72.0 Å². The summed E-state index contributed by atoms with van der Waals surface area (Å²) >= 11 is 1.48. The number of halogens is 1. The Bertz CT molecular complexity index is 910. The molecule has 124 valence electrons. The number of rotatable bonds is 6. The molecule has 0 radical (unpaired) electrons. The molecule has 0 aliphatic heterocycles. The summed E-state index contributed by atoms with van der Waals surface area (Å²) in [4.78, 5) is 8.50. The van der Waals surface area contributed by atoms with E-state index in [0.29, 0.717) is 6.42 Å². The predicted molar refractivity (Wildman–Crippen MR) is 90.6 cm³/mol. The van der Waals surface area contributed by atoms with E-state index in [1.807, 2.05) is 17.5 Å². The van der Waals surface area contributed by atoms with Crippen LogP contribution in [0.3, 0.4) is 0 Å². The number of hydrogen-bond acceptors (Lipinski definition) is 5. The minimum Gasteiger partial charge on any atom is -0.265 e. The maximum Gasteiger partial charge on any atom is 0.240 e. The second-order valence-electron chi connectivity index (χ2n) is 4.96. The molecular formula is C16H14FN3O2S2. The summed E-state index contributed by atoms with van der Waals surface area (Å²) < 4.78 is 39.6. The molecule has 0 amide bonds. The van der Waals surface area contributed by atoms with Crippen molar-refractivity contribution in [2.45, 2.75) is 11.3 Å². The van der Waals surface area contributed by atoms with Crippen LogP contribution in [0.2, 0.25) is 0 Å². The monoisotopic (exact) mass is 363 g/mol. The molecule has 1 aromatic carbocycles. The largest absolute Gasteiger partial charge is 0.265 e. The number of hydrogen-bond donors (Lipinski definition) is 1. The Morgan fingerprint density at radius 1 is 1.08 bits per heavy atom. The quantitative estimate of drug-likeness (QED) is 0.731. The number of nitrogens with zero attached hydrogens (tertiary/aromatic N) is 2. The lowest BCUT2D eigenvalue weighted by molar-refractivity contribution is 0.580. The SMILES string of the molecule is O=S(=O)(NCCc1nc(-c2ccncc2)cs1)c1ccc(F)cc1. The van der Waals surface area contributed by atoms with Crippen LogP contribution in [0, 0.1) is 5.82 Å². The van der Waals surface area contributed by atoms with Crippen LogP contribution in [0.15, 0.2) is 59.1 Å². The Hall–Kier alpha value is -2.16. The molecule has 2 heterocycles. The Balaban J connectivity index is 1.60. The Morgan fingerprint density at radius 3 is 2.50 bits per heavy atom. The fourth-order valence-corrected chi connectivity index (χ4v) is 3.91.